The lowest BCUT2D eigenvalue weighted by molar-refractivity contribution is -0.138. The van der Waals surface area contributed by atoms with Gasteiger partial charge >= 0.3 is 0 Å². The molecular weight excluding hydrogens is 310 g/mol. The van der Waals surface area contributed by atoms with Gasteiger partial charge in [0.15, 0.2) is 5.13 Å². The van der Waals surface area contributed by atoms with Gasteiger partial charge in [-0.05, 0) is 19.8 Å². The zero-order valence-electron chi connectivity index (χ0n) is 14.3. The van der Waals surface area contributed by atoms with E-state index in [4.69, 9.17) is 0 Å². The molecule has 1 rings (SSSR count). The van der Waals surface area contributed by atoms with Crippen molar-refractivity contribution in [3.05, 3.63) is 23.7 Å². The molecule has 1 N–H and O–H groups in total. The summed E-state index contributed by atoms with van der Waals surface area (Å²) in [5, 5.41) is 3.31. The molecule has 0 aromatic carbocycles. The lowest BCUT2D eigenvalue weighted by Crippen LogP contribution is -2.41. The van der Waals surface area contributed by atoms with E-state index in [0.717, 1.165) is 30.6 Å². The molecule has 0 saturated carbocycles. The summed E-state index contributed by atoms with van der Waals surface area (Å²) in [6, 6.07) is 0. The largest absolute Gasteiger partial charge is 0.329 e. The molecule has 23 heavy (non-hydrogen) atoms. The summed E-state index contributed by atoms with van der Waals surface area (Å²) in [7, 11) is 0. The van der Waals surface area contributed by atoms with Crippen LogP contribution in [0.5, 0.6) is 0 Å². The van der Waals surface area contributed by atoms with E-state index >= 15 is 0 Å². The van der Waals surface area contributed by atoms with Crippen LogP contribution in [0.3, 0.4) is 0 Å². The fourth-order valence-corrected chi connectivity index (χ4v) is 3.02. The van der Waals surface area contributed by atoms with Crippen LogP contribution in [0.25, 0.3) is 0 Å². The Labute approximate surface area is 142 Å². The Hall–Kier alpha value is -1.69. The normalized spacial score (nSPS) is 11.8. The third-order valence-electron chi connectivity index (χ3n) is 3.61. The molecular formula is C17H27N3O2S. The van der Waals surface area contributed by atoms with Crippen LogP contribution in [0.2, 0.25) is 0 Å². The topological polar surface area (TPSA) is 62.3 Å². The van der Waals surface area contributed by atoms with E-state index in [2.05, 4.69) is 23.8 Å². The third kappa shape index (κ3) is 6.52. The smallest absolute Gasteiger partial charge is 0.245 e. The molecule has 0 aliphatic carbocycles. The quantitative estimate of drug-likeness (QED) is 0.663. The fraction of sp³-hybridized carbons (Fsp3) is 0.588. The molecule has 1 heterocycles. The van der Waals surface area contributed by atoms with Gasteiger partial charge in [0, 0.05) is 23.5 Å². The van der Waals surface area contributed by atoms with Crippen molar-refractivity contribution in [3.63, 3.8) is 0 Å². The van der Waals surface area contributed by atoms with Crippen molar-refractivity contribution in [1.29, 1.82) is 0 Å². The predicted octanol–water partition coefficient (Wildman–Crippen LogP) is 3.62. The second-order valence-electron chi connectivity index (χ2n) is 5.58. The van der Waals surface area contributed by atoms with Crippen LogP contribution in [-0.2, 0) is 9.59 Å². The number of thiazole rings is 1. The minimum Gasteiger partial charge on any atom is -0.329 e. The SMILES string of the molecule is C=CCN(CC(=O)Nc1ncc(C)s1)C(=O)C(CC)CCCC. The van der Waals surface area contributed by atoms with Crippen molar-refractivity contribution >= 4 is 28.3 Å². The van der Waals surface area contributed by atoms with Crippen molar-refractivity contribution in [2.45, 2.75) is 46.5 Å². The van der Waals surface area contributed by atoms with E-state index in [9.17, 15) is 9.59 Å². The molecule has 0 spiro atoms. The van der Waals surface area contributed by atoms with E-state index in [1.54, 1.807) is 17.2 Å². The molecule has 0 saturated heterocycles. The number of amides is 2. The molecule has 0 radical (unpaired) electrons. The molecule has 0 bridgehead atoms. The second-order valence-corrected chi connectivity index (χ2v) is 6.81. The van der Waals surface area contributed by atoms with Gasteiger partial charge in [0.1, 0.15) is 6.54 Å². The van der Waals surface area contributed by atoms with Crippen molar-refractivity contribution in [2.75, 3.05) is 18.4 Å². The van der Waals surface area contributed by atoms with Gasteiger partial charge in [-0.3, -0.25) is 9.59 Å². The first-order valence-electron chi connectivity index (χ1n) is 8.13. The summed E-state index contributed by atoms with van der Waals surface area (Å²) in [5.41, 5.74) is 0. The molecule has 0 aliphatic rings. The summed E-state index contributed by atoms with van der Waals surface area (Å²) in [6.45, 7) is 10.2. The number of hydrogen-bond acceptors (Lipinski definition) is 4. The number of rotatable bonds is 10. The number of aromatic nitrogens is 1. The van der Waals surface area contributed by atoms with E-state index in [1.165, 1.54) is 11.3 Å². The van der Waals surface area contributed by atoms with Crippen LogP contribution < -0.4 is 5.32 Å². The van der Waals surface area contributed by atoms with Gasteiger partial charge in [0.05, 0.1) is 0 Å². The van der Waals surface area contributed by atoms with Crippen molar-refractivity contribution in [1.82, 2.24) is 9.88 Å². The molecule has 128 valence electrons. The summed E-state index contributed by atoms with van der Waals surface area (Å²) in [4.78, 5) is 31.5. The lowest BCUT2D eigenvalue weighted by atomic mass is 9.97. The molecule has 5 nitrogen and oxygen atoms in total. The van der Waals surface area contributed by atoms with Crippen LogP contribution in [0.4, 0.5) is 5.13 Å². The van der Waals surface area contributed by atoms with Gasteiger partial charge in [-0.1, -0.05) is 32.8 Å². The number of carbonyl (C=O) groups excluding carboxylic acids is 2. The Bertz CT molecular complexity index is 528. The van der Waals surface area contributed by atoms with Crippen molar-refractivity contribution in [2.24, 2.45) is 5.92 Å². The Morgan fingerprint density at radius 1 is 1.48 bits per heavy atom. The lowest BCUT2D eigenvalue weighted by Gasteiger charge is -2.25. The Kier molecular flexibility index (Phi) is 8.55. The number of nitrogens with zero attached hydrogens (tertiary/aromatic N) is 2. The number of aryl methyl sites for hydroxylation is 1. The van der Waals surface area contributed by atoms with Gasteiger partial charge < -0.3 is 10.2 Å². The average Bonchev–Trinajstić information content (AvgIpc) is 2.92. The maximum Gasteiger partial charge on any atom is 0.245 e. The molecule has 1 aromatic rings. The van der Waals surface area contributed by atoms with Crippen LogP contribution in [0.15, 0.2) is 18.9 Å². The molecule has 1 aromatic heterocycles. The highest BCUT2D eigenvalue weighted by Gasteiger charge is 2.23. The number of unbranched alkanes of at least 4 members (excludes halogenated alkanes) is 1. The summed E-state index contributed by atoms with van der Waals surface area (Å²) < 4.78 is 0. The van der Waals surface area contributed by atoms with Crippen molar-refractivity contribution < 1.29 is 9.59 Å². The van der Waals surface area contributed by atoms with Gasteiger partial charge in [-0.15, -0.1) is 17.9 Å². The Balaban J connectivity index is 2.66. The van der Waals surface area contributed by atoms with Gasteiger partial charge in [0.2, 0.25) is 11.8 Å². The van der Waals surface area contributed by atoms with E-state index in [0.29, 0.717) is 11.7 Å². The molecule has 0 fully saturated rings. The van der Waals surface area contributed by atoms with E-state index in [1.807, 2.05) is 13.8 Å². The number of anilines is 1. The maximum absolute atomic E-state index is 12.6. The molecule has 6 heteroatoms. The molecule has 2 amide bonds. The highest BCUT2D eigenvalue weighted by Crippen LogP contribution is 2.18. The Morgan fingerprint density at radius 3 is 2.74 bits per heavy atom. The van der Waals surface area contributed by atoms with Gasteiger partial charge in [-0.2, -0.15) is 0 Å². The molecule has 0 aliphatic heterocycles. The van der Waals surface area contributed by atoms with Crippen molar-refractivity contribution in [3.8, 4) is 0 Å². The van der Waals surface area contributed by atoms with Crippen LogP contribution in [0, 0.1) is 12.8 Å². The monoisotopic (exact) mass is 337 g/mol. The number of nitrogens with one attached hydrogen (secondary N) is 1. The second kappa shape index (κ2) is 10.2. The predicted molar refractivity (Wildman–Crippen MR) is 95.6 cm³/mol. The minimum atomic E-state index is -0.222. The molecule has 1 unspecified atom stereocenters. The van der Waals surface area contributed by atoms with E-state index < -0.39 is 0 Å². The summed E-state index contributed by atoms with van der Waals surface area (Å²) >= 11 is 1.42. The highest BCUT2D eigenvalue weighted by molar-refractivity contribution is 7.15. The van der Waals surface area contributed by atoms with Crippen LogP contribution in [-0.4, -0.2) is 34.8 Å². The zero-order valence-corrected chi connectivity index (χ0v) is 15.1. The fourth-order valence-electron chi connectivity index (χ4n) is 2.34. The van der Waals surface area contributed by atoms with E-state index in [-0.39, 0.29) is 24.3 Å². The maximum atomic E-state index is 12.6. The first kappa shape index (κ1) is 19.4. The van der Waals surface area contributed by atoms with Crippen LogP contribution in [0.1, 0.15) is 44.4 Å². The first-order valence-corrected chi connectivity index (χ1v) is 8.95. The Morgan fingerprint density at radius 2 is 2.22 bits per heavy atom. The van der Waals surface area contributed by atoms with Gasteiger partial charge in [0.25, 0.3) is 0 Å². The minimum absolute atomic E-state index is 0.0233. The third-order valence-corrected chi connectivity index (χ3v) is 4.44. The zero-order chi connectivity index (χ0) is 17.2. The van der Waals surface area contributed by atoms with Crippen LogP contribution >= 0.6 is 11.3 Å². The highest BCUT2D eigenvalue weighted by atomic mass is 32.1. The number of carbonyl (C=O) groups is 2. The van der Waals surface area contributed by atoms with Gasteiger partial charge in [-0.25, -0.2) is 4.98 Å². The molecule has 1 atom stereocenters. The number of hydrogen-bond donors (Lipinski definition) is 1. The standard InChI is InChI=1S/C17H27N3O2S/c1-5-8-9-14(7-3)16(22)20(10-6-2)12-15(21)19-17-18-11-13(4)23-17/h6,11,14H,2,5,7-10,12H2,1,3-4H3,(H,18,19,21). The summed E-state index contributed by atoms with van der Waals surface area (Å²) in [6.07, 6.45) is 7.12. The first-order chi connectivity index (χ1) is 11.0. The average molecular weight is 337 g/mol. The summed E-state index contributed by atoms with van der Waals surface area (Å²) in [5.74, 6) is -0.212.